The number of nitro groups is 1. The molecule has 7 nitrogen and oxygen atoms in total. The minimum absolute atomic E-state index is 0.216. The number of hydrogen-bond donors (Lipinski definition) is 2. The summed E-state index contributed by atoms with van der Waals surface area (Å²) in [6.45, 7) is 0. The van der Waals surface area contributed by atoms with Crippen LogP contribution >= 0.6 is 0 Å². The van der Waals surface area contributed by atoms with Gasteiger partial charge in [0.1, 0.15) is 5.75 Å². The van der Waals surface area contributed by atoms with E-state index in [0.717, 1.165) is 24.5 Å². The molecule has 0 saturated carbocycles. The van der Waals surface area contributed by atoms with Gasteiger partial charge in [0.25, 0.3) is 5.69 Å². The van der Waals surface area contributed by atoms with Crippen molar-refractivity contribution >= 4 is 21.4 Å². The van der Waals surface area contributed by atoms with Crippen molar-refractivity contribution in [2.45, 2.75) is 0 Å². The van der Waals surface area contributed by atoms with Gasteiger partial charge in [0.05, 0.1) is 16.9 Å². The average molecular weight is 232 g/mol. The van der Waals surface area contributed by atoms with Crippen LogP contribution in [0.4, 0.5) is 11.4 Å². The van der Waals surface area contributed by atoms with Crippen LogP contribution < -0.4 is 4.72 Å². The zero-order chi connectivity index (χ0) is 11.6. The highest BCUT2D eigenvalue weighted by atomic mass is 32.2. The van der Waals surface area contributed by atoms with E-state index in [-0.39, 0.29) is 17.1 Å². The van der Waals surface area contributed by atoms with E-state index in [1.54, 1.807) is 0 Å². The van der Waals surface area contributed by atoms with Crippen molar-refractivity contribution in [3.05, 3.63) is 28.3 Å². The largest absolute Gasteiger partial charge is 0.506 e. The molecule has 0 aliphatic rings. The van der Waals surface area contributed by atoms with Gasteiger partial charge in [0.15, 0.2) is 0 Å². The molecule has 0 aromatic heterocycles. The fraction of sp³-hybridized carbons (Fsp3) is 0.143. The number of sulfonamides is 1. The maximum atomic E-state index is 10.8. The summed E-state index contributed by atoms with van der Waals surface area (Å²) in [6.07, 6.45) is 0.880. The second kappa shape index (κ2) is 3.73. The molecule has 0 aliphatic heterocycles. The number of anilines is 1. The Hall–Kier alpha value is -1.83. The van der Waals surface area contributed by atoms with E-state index in [4.69, 9.17) is 0 Å². The second-order valence-corrected chi connectivity index (χ2v) is 4.58. The summed E-state index contributed by atoms with van der Waals surface area (Å²) in [7, 11) is -3.57. The first-order valence-corrected chi connectivity index (χ1v) is 5.64. The van der Waals surface area contributed by atoms with Crippen LogP contribution in [0.5, 0.6) is 5.75 Å². The molecule has 15 heavy (non-hydrogen) atoms. The first kappa shape index (κ1) is 11.2. The van der Waals surface area contributed by atoms with Gasteiger partial charge >= 0.3 is 0 Å². The lowest BCUT2D eigenvalue weighted by Crippen LogP contribution is -2.09. The topological polar surface area (TPSA) is 110 Å². The van der Waals surface area contributed by atoms with Gasteiger partial charge in [-0.3, -0.25) is 14.8 Å². The Labute approximate surface area is 85.6 Å². The van der Waals surface area contributed by atoms with Gasteiger partial charge < -0.3 is 5.11 Å². The summed E-state index contributed by atoms with van der Waals surface area (Å²) < 4.78 is 23.6. The lowest BCUT2D eigenvalue weighted by molar-refractivity contribution is -0.384. The monoisotopic (exact) mass is 232 g/mol. The van der Waals surface area contributed by atoms with Crippen molar-refractivity contribution < 1.29 is 18.4 Å². The highest BCUT2D eigenvalue weighted by molar-refractivity contribution is 7.92. The van der Waals surface area contributed by atoms with Gasteiger partial charge in [-0.2, -0.15) is 0 Å². The molecule has 0 bridgehead atoms. The Kier molecular flexibility index (Phi) is 2.80. The van der Waals surface area contributed by atoms with E-state index in [9.17, 15) is 23.6 Å². The Morgan fingerprint density at radius 2 is 2.07 bits per heavy atom. The maximum Gasteiger partial charge on any atom is 0.271 e. The molecule has 1 aromatic rings. The van der Waals surface area contributed by atoms with Gasteiger partial charge in [-0.25, -0.2) is 8.42 Å². The summed E-state index contributed by atoms with van der Waals surface area (Å²) in [5.41, 5.74) is -0.523. The number of hydrogen-bond acceptors (Lipinski definition) is 5. The van der Waals surface area contributed by atoms with Gasteiger partial charge in [0, 0.05) is 12.1 Å². The highest BCUT2D eigenvalue weighted by Gasteiger charge is 2.12. The van der Waals surface area contributed by atoms with Crippen LogP contribution in [-0.4, -0.2) is 24.7 Å². The number of benzene rings is 1. The van der Waals surface area contributed by atoms with E-state index in [1.807, 2.05) is 4.72 Å². The molecule has 2 N–H and O–H groups in total. The SMILES string of the molecule is CS(=O)(=O)Nc1cc([N+](=O)[O-])ccc1O. The molecule has 0 aliphatic carbocycles. The molecular weight excluding hydrogens is 224 g/mol. The van der Waals surface area contributed by atoms with E-state index in [1.165, 1.54) is 0 Å². The van der Waals surface area contributed by atoms with Crippen molar-refractivity contribution in [1.82, 2.24) is 0 Å². The Morgan fingerprint density at radius 1 is 1.47 bits per heavy atom. The molecule has 0 amide bonds. The third-order valence-corrected chi connectivity index (χ3v) is 2.08. The molecule has 0 atom stereocenters. The maximum absolute atomic E-state index is 10.8. The molecule has 82 valence electrons. The molecule has 0 saturated heterocycles. The predicted octanol–water partition coefficient (Wildman–Crippen LogP) is 0.672. The van der Waals surface area contributed by atoms with E-state index >= 15 is 0 Å². The molecule has 8 heteroatoms. The summed E-state index contributed by atoms with van der Waals surface area (Å²) >= 11 is 0. The molecule has 0 radical (unpaired) electrons. The van der Waals surface area contributed by atoms with Gasteiger partial charge in [-0.05, 0) is 6.07 Å². The van der Waals surface area contributed by atoms with Crippen molar-refractivity contribution in [1.29, 1.82) is 0 Å². The molecule has 1 aromatic carbocycles. The Balaban J connectivity index is 3.17. The minimum atomic E-state index is -3.57. The van der Waals surface area contributed by atoms with Crippen LogP contribution in [0.3, 0.4) is 0 Å². The fourth-order valence-electron chi connectivity index (χ4n) is 0.919. The van der Waals surface area contributed by atoms with Crippen LogP contribution in [-0.2, 0) is 10.0 Å². The number of aromatic hydroxyl groups is 1. The zero-order valence-corrected chi connectivity index (χ0v) is 8.48. The Morgan fingerprint density at radius 3 is 2.53 bits per heavy atom. The minimum Gasteiger partial charge on any atom is -0.506 e. The number of phenols is 1. The van der Waals surface area contributed by atoms with Gasteiger partial charge in [0.2, 0.25) is 10.0 Å². The summed E-state index contributed by atoms with van der Waals surface area (Å²) in [5, 5.41) is 19.6. The van der Waals surface area contributed by atoms with Gasteiger partial charge in [-0.1, -0.05) is 0 Å². The number of nitrogens with one attached hydrogen (secondary N) is 1. The van der Waals surface area contributed by atoms with Crippen LogP contribution in [0, 0.1) is 10.1 Å². The third kappa shape index (κ3) is 3.09. The molecule has 0 heterocycles. The number of nitrogens with zero attached hydrogens (tertiary/aromatic N) is 1. The lowest BCUT2D eigenvalue weighted by Gasteiger charge is -2.05. The smallest absolute Gasteiger partial charge is 0.271 e. The second-order valence-electron chi connectivity index (χ2n) is 2.83. The normalized spacial score (nSPS) is 11.0. The third-order valence-electron chi connectivity index (χ3n) is 1.49. The lowest BCUT2D eigenvalue weighted by atomic mass is 10.2. The van der Waals surface area contributed by atoms with E-state index in [0.29, 0.717) is 0 Å². The van der Waals surface area contributed by atoms with Crippen LogP contribution in [0.25, 0.3) is 0 Å². The molecular formula is C7H8N2O5S. The summed E-state index contributed by atoms with van der Waals surface area (Å²) in [4.78, 5) is 9.69. The van der Waals surface area contributed by atoms with Crippen LogP contribution in [0.2, 0.25) is 0 Å². The van der Waals surface area contributed by atoms with Gasteiger partial charge in [-0.15, -0.1) is 0 Å². The molecule has 0 fully saturated rings. The quantitative estimate of drug-likeness (QED) is 0.452. The van der Waals surface area contributed by atoms with Crippen molar-refractivity contribution in [3.8, 4) is 5.75 Å². The fourth-order valence-corrected chi connectivity index (χ4v) is 1.48. The van der Waals surface area contributed by atoms with Crippen LogP contribution in [0.15, 0.2) is 18.2 Å². The number of non-ortho nitro benzene ring substituents is 1. The van der Waals surface area contributed by atoms with E-state index in [2.05, 4.69) is 0 Å². The average Bonchev–Trinajstić information content (AvgIpc) is 2.06. The summed E-state index contributed by atoms with van der Waals surface area (Å²) in [5.74, 6) is -0.369. The first-order chi connectivity index (χ1) is 6.79. The molecule has 1 rings (SSSR count). The number of rotatable bonds is 3. The van der Waals surface area contributed by atoms with Crippen LogP contribution in [0.1, 0.15) is 0 Å². The standard InChI is InChI=1S/C7H8N2O5S/c1-15(13,14)8-6-4-5(9(11)12)2-3-7(6)10/h2-4,8,10H,1H3. The van der Waals surface area contributed by atoms with E-state index < -0.39 is 14.9 Å². The molecule has 0 spiro atoms. The summed E-state index contributed by atoms with van der Waals surface area (Å²) in [6, 6.07) is 3.06. The Bertz CT molecular complexity index is 496. The first-order valence-electron chi connectivity index (χ1n) is 3.75. The number of phenolic OH excluding ortho intramolecular Hbond substituents is 1. The highest BCUT2D eigenvalue weighted by Crippen LogP contribution is 2.28. The van der Waals surface area contributed by atoms with Crippen molar-refractivity contribution in [2.24, 2.45) is 0 Å². The molecule has 0 unspecified atom stereocenters. The number of nitro benzene ring substituents is 1. The van der Waals surface area contributed by atoms with Crippen molar-refractivity contribution in [3.63, 3.8) is 0 Å². The zero-order valence-electron chi connectivity index (χ0n) is 7.67. The van der Waals surface area contributed by atoms with Crippen molar-refractivity contribution in [2.75, 3.05) is 11.0 Å². The predicted molar refractivity (Wildman–Crippen MR) is 53.2 cm³/mol.